The summed E-state index contributed by atoms with van der Waals surface area (Å²) in [4.78, 5) is 0. The highest BCUT2D eigenvalue weighted by atomic mass is 16.6. The molecule has 0 radical (unpaired) electrons. The Morgan fingerprint density at radius 3 is 1.52 bits per heavy atom. The Bertz CT molecular complexity index is 1240. The van der Waals surface area contributed by atoms with E-state index in [-0.39, 0.29) is 23.7 Å². The number of phenols is 2. The van der Waals surface area contributed by atoms with E-state index in [1.807, 2.05) is 36.4 Å². The van der Waals surface area contributed by atoms with Gasteiger partial charge in [-0.05, 0) is 57.9 Å². The molecule has 2 N–H and O–H groups in total. The van der Waals surface area contributed by atoms with Crippen LogP contribution in [0.4, 0.5) is 0 Å². The number of epoxide rings is 2. The van der Waals surface area contributed by atoms with E-state index in [0.29, 0.717) is 32.8 Å². The lowest BCUT2D eigenvalue weighted by Crippen LogP contribution is -2.08. The van der Waals surface area contributed by atoms with Crippen LogP contribution in [0.25, 0.3) is 21.5 Å². The third-order valence-electron chi connectivity index (χ3n) is 6.16. The van der Waals surface area contributed by atoms with E-state index in [9.17, 15) is 10.2 Å². The molecular formula is C27H24O6. The first-order chi connectivity index (χ1) is 16.1. The van der Waals surface area contributed by atoms with Gasteiger partial charge in [-0.2, -0.15) is 0 Å². The zero-order valence-electron chi connectivity index (χ0n) is 18.0. The van der Waals surface area contributed by atoms with Gasteiger partial charge in [-0.15, -0.1) is 0 Å². The van der Waals surface area contributed by atoms with Gasteiger partial charge >= 0.3 is 0 Å². The van der Waals surface area contributed by atoms with Crippen molar-refractivity contribution in [2.24, 2.45) is 0 Å². The molecule has 4 aromatic carbocycles. The molecule has 2 aliphatic heterocycles. The molecule has 6 heteroatoms. The zero-order valence-corrected chi connectivity index (χ0v) is 18.0. The normalized spacial score (nSPS) is 19.0. The fraction of sp³-hybridized carbons (Fsp3) is 0.259. The van der Waals surface area contributed by atoms with Crippen LogP contribution >= 0.6 is 0 Å². The molecule has 2 fully saturated rings. The maximum Gasteiger partial charge on any atom is 0.123 e. The molecule has 33 heavy (non-hydrogen) atoms. The van der Waals surface area contributed by atoms with Gasteiger partial charge in [0.1, 0.15) is 48.4 Å². The second kappa shape index (κ2) is 8.14. The van der Waals surface area contributed by atoms with Crippen LogP contribution in [0.2, 0.25) is 0 Å². The molecule has 0 aromatic heterocycles. The van der Waals surface area contributed by atoms with Crippen LogP contribution in [0, 0.1) is 0 Å². The van der Waals surface area contributed by atoms with Crippen LogP contribution in [-0.2, 0) is 15.9 Å². The standard InChI is InChI=1S/C27H24O6/c28-18-5-1-16-3-7-26(32-14-20-12-30-20)24(22(16)9-18)11-25-23-10-19(29)6-2-17(23)4-8-27(25)33-15-21-13-31-21/h1-10,20-21,28-29H,11-15H2. The lowest BCUT2D eigenvalue weighted by atomic mass is 9.93. The van der Waals surface area contributed by atoms with Crippen LogP contribution in [0.15, 0.2) is 60.7 Å². The van der Waals surface area contributed by atoms with Gasteiger partial charge in [-0.25, -0.2) is 0 Å². The molecule has 0 aliphatic carbocycles. The lowest BCUT2D eigenvalue weighted by Gasteiger charge is -2.18. The molecular weight excluding hydrogens is 420 g/mol. The number of aromatic hydroxyl groups is 2. The minimum atomic E-state index is 0.129. The van der Waals surface area contributed by atoms with Crippen molar-refractivity contribution in [2.45, 2.75) is 18.6 Å². The fourth-order valence-corrected chi connectivity index (χ4v) is 4.21. The third-order valence-corrected chi connectivity index (χ3v) is 6.16. The van der Waals surface area contributed by atoms with E-state index in [4.69, 9.17) is 18.9 Å². The maximum atomic E-state index is 10.2. The van der Waals surface area contributed by atoms with Crippen LogP contribution < -0.4 is 9.47 Å². The average molecular weight is 444 g/mol. The highest BCUT2D eigenvalue weighted by molar-refractivity contribution is 5.92. The van der Waals surface area contributed by atoms with Crippen LogP contribution in [0.5, 0.6) is 23.0 Å². The highest BCUT2D eigenvalue weighted by Crippen LogP contribution is 2.38. The Morgan fingerprint density at radius 2 is 1.09 bits per heavy atom. The summed E-state index contributed by atoms with van der Waals surface area (Å²) < 4.78 is 22.9. The molecule has 6 rings (SSSR count). The number of benzene rings is 4. The Kier molecular flexibility index (Phi) is 4.97. The molecule has 0 spiro atoms. The molecule has 0 amide bonds. The Labute approximate surface area is 190 Å². The van der Waals surface area contributed by atoms with E-state index in [0.717, 1.165) is 44.2 Å². The molecule has 2 saturated heterocycles. The lowest BCUT2D eigenvalue weighted by molar-refractivity contribution is 0.259. The van der Waals surface area contributed by atoms with Crippen molar-refractivity contribution in [1.29, 1.82) is 0 Å². The minimum Gasteiger partial charge on any atom is -0.508 e. The molecule has 2 heterocycles. The van der Waals surface area contributed by atoms with Crippen LogP contribution in [0.1, 0.15) is 11.1 Å². The number of fused-ring (bicyclic) bond motifs is 2. The number of rotatable bonds is 8. The van der Waals surface area contributed by atoms with Crippen LogP contribution in [-0.4, -0.2) is 48.8 Å². The van der Waals surface area contributed by atoms with Gasteiger partial charge in [0, 0.05) is 17.5 Å². The minimum absolute atomic E-state index is 0.129. The van der Waals surface area contributed by atoms with Crippen molar-refractivity contribution in [3.63, 3.8) is 0 Å². The van der Waals surface area contributed by atoms with Gasteiger partial charge in [0.25, 0.3) is 0 Å². The largest absolute Gasteiger partial charge is 0.508 e. The van der Waals surface area contributed by atoms with E-state index in [1.165, 1.54) is 0 Å². The van der Waals surface area contributed by atoms with Crippen molar-refractivity contribution in [3.05, 3.63) is 71.8 Å². The molecule has 168 valence electrons. The zero-order chi connectivity index (χ0) is 22.4. The quantitative estimate of drug-likeness (QED) is 0.388. The van der Waals surface area contributed by atoms with E-state index >= 15 is 0 Å². The molecule has 2 aliphatic rings. The predicted octanol–water partition coefficient (Wildman–Crippen LogP) is 4.55. The van der Waals surface area contributed by atoms with Gasteiger partial charge in [0.05, 0.1) is 13.2 Å². The summed E-state index contributed by atoms with van der Waals surface area (Å²) in [6, 6.07) is 18.7. The van der Waals surface area contributed by atoms with Crippen molar-refractivity contribution in [1.82, 2.24) is 0 Å². The van der Waals surface area contributed by atoms with Gasteiger partial charge in [-0.1, -0.05) is 24.3 Å². The highest BCUT2D eigenvalue weighted by Gasteiger charge is 2.26. The molecule has 2 unspecified atom stereocenters. The predicted molar refractivity (Wildman–Crippen MR) is 125 cm³/mol. The summed E-state index contributed by atoms with van der Waals surface area (Å²) in [5.41, 5.74) is 1.90. The third kappa shape index (κ3) is 4.27. The van der Waals surface area contributed by atoms with Gasteiger partial charge in [0.15, 0.2) is 0 Å². The molecule has 2 atom stereocenters. The first kappa shape index (κ1) is 20.1. The average Bonchev–Trinajstić information content (AvgIpc) is 3.73. The van der Waals surface area contributed by atoms with E-state index in [1.54, 1.807) is 24.3 Å². The summed E-state index contributed by atoms with van der Waals surface area (Å²) in [5, 5.41) is 24.3. The first-order valence-electron chi connectivity index (χ1n) is 11.1. The van der Waals surface area contributed by atoms with E-state index in [2.05, 4.69) is 0 Å². The summed E-state index contributed by atoms with van der Waals surface area (Å²) in [6.45, 7) is 2.40. The summed E-state index contributed by atoms with van der Waals surface area (Å²) in [7, 11) is 0. The summed E-state index contributed by atoms with van der Waals surface area (Å²) >= 11 is 0. The Morgan fingerprint density at radius 1 is 0.667 bits per heavy atom. The van der Waals surface area contributed by atoms with Crippen molar-refractivity contribution >= 4 is 21.5 Å². The molecule has 4 aromatic rings. The first-order valence-corrected chi connectivity index (χ1v) is 11.1. The monoisotopic (exact) mass is 444 g/mol. The second-order valence-electron chi connectivity index (χ2n) is 8.60. The second-order valence-corrected chi connectivity index (χ2v) is 8.60. The fourth-order valence-electron chi connectivity index (χ4n) is 4.21. The molecule has 6 nitrogen and oxygen atoms in total. The number of phenolic OH excluding ortho intramolecular Hbond substituents is 2. The topological polar surface area (TPSA) is 84.0 Å². The number of ether oxygens (including phenoxy) is 4. The van der Waals surface area contributed by atoms with Crippen molar-refractivity contribution in [3.8, 4) is 23.0 Å². The summed E-state index contributed by atoms with van der Waals surface area (Å²) in [6.07, 6.45) is 0.762. The summed E-state index contributed by atoms with van der Waals surface area (Å²) in [5.74, 6) is 1.89. The molecule has 0 saturated carbocycles. The van der Waals surface area contributed by atoms with Gasteiger partial charge < -0.3 is 29.2 Å². The molecule has 0 bridgehead atoms. The number of hydrogen-bond donors (Lipinski definition) is 2. The number of hydrogen-bond acceptors (Lipinski definition) is 6. The van der Waals surface area contributed by atoms with Crippen molar-refractivity contribution in [2.75, 3.05) is 26.4 Å². The van der Waals surface area contributed by atoms with Crippen molar-refractivity contribution < 1.29 is 29.2 Å². The Balaban J connectivity index is 1.49. The Hall–Kier alpha value is -3.48. The van der Waals surface area contributed by atoms with E-state index < -0.39 is 0 Å². The van der Waals surface area contributed by atoms with Gasteiger partial charge in [-0.3, -0.25) is 0 Å². The smallest absolute Gasteiger partial charge is 0.123 e. The maximum absolute atomic E-state index is 10.2. The van der Waals surface area contributed by atoms with Gasteiger partial charge in [0.2, 0.25) is 0 Å². The SMILES string of the molecule is Oc1ccc2ccc(OCC3CO3)c(Cc3c(OCC4CO4)ccc4ccc(O)cc34)c2c1. The van der Waals surface area contributed by atoms with Crippen LogP contribution in [0.3, 0.4) is 0 Å².